The van der Waals surface area contributed by atoms with Gasteiger partial charge in [-0.2, -0.15) is 0 Å². The Labute approximate surface area is 194 Å². The maximum absolute atomic E-state index is 12.6. The van der Waals surface area contributed by atoms with Gasteiger partial charge in [-0.05, 0) is 54.6 Å². The number of aromatic nitrogens is 3. The van der Waals surface area contributed by atoms with E-state index in [1.165, 1.54) is 42.5 Å². The van der Waals surface area contributed by atoms with Crippen LogP contribution in [0, 0.1) is 0 Å². The van der Waals surface area contributed by atoms with Crippen molar-refractivity contribution in [3.8, 4) is 0 Å². The highest BCUT2D eigenvalue weighted by Crippen LogP contribution is 2.27. The zero-order valence-corrected chi connectivity index (χ0v) is 18.8. The molecular weight excluding hydrogens is 473 g/mol. The molecule has 8 nitrogen and oxygen atoms in total. The number of carbonyl (C=O) groups excluding carboxylic acids is 1. The molecule has 0 saturated carbocycles. The Balaban J connectivity index is 1.37. The lowest BCUT2D eigenvalue weighted by molar-refractivity contribution is 0.0954. The number of hydrogen-bond acceptors (Lipinski definition) is 5. The Morgan fingerprint density at radius 1 is 1.00 bits per heavy atom. The monoisotopic (exact) mass is 489 g/mol. The van der Waals surface area contributed by atoms with Gasteiger partial charge < -0.3 is 5.32 Å². The van der Waals surface area contributed by atoms with Crippen LogP contribution < -0.4 is 10.0 Å². The van der Waals surface area contributed by atoms with Crippen molar-refractivity contribution in [2.24, 2.45) is 0 Å². The number of hydrogen-bond donors (Lipinski definition) is 2. The van der Waals surface area contributed by atoms with Crippen LogP contribution in [0.2, 0.25) is 10.0 Å². The number of nitrogens with one attached hydrogen (secondary N) is 2. The van der Waals surface area contributed by atoms with Gasteiger partial charge in [0.1, 0.15) is 10.7 Å². The number of rotatable bonds is 7. The number of halogens is 2. The van der Waals surface area contributed by atoms with Crippen molar-refractivity contribution < 1.29 is 13.2 Å². The van der Waals surface area contributed by atoms with Gasteiger partial charge in [0, 0.05) is 35.4 Å². The fraction of sp³-hybridized carbons (Fsp3) is 0.0952. The Morgan fingerprint density at radius 2 is 1.78 bits per heavy atom. The third-order valence-corrected chi connectivity index (χ3v) is 6.70. The number of pyridine rings is 1. The summed E-state index contributed by atoms with van der Waals surface area (Å²) in [7, 11) is -3.94. The molecule has 4 rings (SSSR count). The molecule has 11 heteroatoms. The van der Waals surface area contributed by atoms with Crippen molar-refractivity contribution in [1.29, 1.82) is 0 Å². The minimum Gasteiger partial charge on any atom is -0.352 e. The largest absolute Gasteiger partial charge is 0.352 e. The Hall–Kier alpha value is -3.14. The molecule has 0 saturated heterocycles. The van der Waals surface area contributed by atoms with E-state index in [9.17, 15) is 13.2 Å². The summed E-state index contributed by atoms with van der Waals surface area (Å²) in [5.74, 6) is 0.455. The molecule has 0 bridgehead atoms. The summed E-state index contributed by atoms with van der Waals surface area (Å²) >= 11 is 11.9. The van der Waals surface area contributed by atoms with Gasteiger partial charge in [-0.15, -0.1) is 10.2 Å². The van der Waals surface area contributed by atoms with Crippen LogP contribution in [0.1, 0.15) is 16.2 Å². The third kappa shape index (κ3) is 4.85. The van der Waals surface area contributed by atoms with Crippen molar-refractivity contribution in [3.05, 3.63) is 88.3 Å². The number of benzene rings is 2. The summed E-state index contributed by atoms with van der Waals surface area (Å²) in [4.78, 5) is 12.3. The quantitative estimate of drug-likeness (QED) is 0.410. The number of fused-ring (bicyclic) bond motifs is 1. The Kier molecular flexibility index (Phi) is 6.31. The predicted molar refractivity (Wildman–Crippen MR) is 123 cm³/mol. The average molecular weight is 490 g/mol. The zero-order chi connectivity index (χ0) is 22.7. The normalized spacial score (nSPS) is 11.4. The van der Waals surface area contributed by atoms with Crippen LogP contribution in [0.15, 0.2) is 71.8 Å². The van der Waals surface area contributed by atoms with E-state index in [0.29, 0.717) is 18.5 Å². The third-order valence-electron chi connectivity index (χ3n) is 4.60. The average Bonchev–Trinajstić information content (AvgIpc) is 3.19. The van der Waals surface area contributed by atoms with Crippen molar-refractivity contribution in [3.63, 3.8) is 0 Å². The van der Waals surface area contributed by atoms with Crippen LogP contribution in [0.25, 0.3) is 5.65 Å². The number of nitrogens with zero attached hydrogens (tertiary/aromatic N) is 3. The van der Waals surface area contributed by atoms with Crippen LogP contribution in [0.3, 0.4) is 0 Å². The van der Waals surface area contributed by atoms with Crippen LogP contribution in [-0.4, -0.2) is 35.5 Å². The molecule has 0 spiro atoms. The lowest BCUT2D eigenvalue weighted by Gasteiger charge is -2.10. The van der Waals surface area contributed by atoms with Gasteiger partial charge >= 0.3 is 0 Å². The SMILES string of the molecule is O=C(NCCc1nnc2ccccn12)c1ccc(NS(=O)(=O)c2cc(Cl)ccc2Cl)cc1. The first-order valence-corrected chi connectivity index (χ1v) is 11.7. The molecule has 0 radical (unpaired) electrons. The zero-order valence-electron chi connectivity index (χ0n) is 16.5. The predicted octanol–water partition coefficient (Wildman–Crippen LogP) is 3.81. The fourth-order valence-electron chi connectivity index (χ4n) is 3.03. The van der Waals surface area contributed by atoms with Crippen LogP contribution >= 0.6 is 23.2 Å². The molecule has 0 unspecified atom stereocenters. The topological polar surface area (TPSA) is 105 Å². The molecule has 32 heavy (non-hydrogen) atoms. The molecule has 2 aromatic carbocycles. The molecule has 2 N–H and O–H groups in total. The highest BCUT2D eigenvalue weighted by Gasteiger charge is 2.19. The second-order valence-corrected chi connectivity index (χ2v) is 9.30. The van der Waals surface area contributed by atoms with E-state index in [-0.39, 0.29) is 26.5 Å². The Bertz CT molecular complexity index is 1390. The van der Waals surface area contributed by atoms with E-state index < -0.39 is 10.0 Å². The number of carbonyl (C=O) groups is 1. The van der Waals surface area contributed by atoms with Crippen molar-refractivity contribution in [2.75, 3.05) is 11.3 Å². The first-order valence-electron chi connectivity index (χ1n) is 9.48. The van der Waals surface area contributed by atoms with Gasteiger partial charge in [-0.1, -0.05) is 29.3 Å². The molecule has 0 aliphatic heterocycles. The molecule has 0 aliphatic carbocycles. The lowest BCUT2D eigenvalue weighted by Crippen LogP contribution is -2.26. The van der Waals surface area contributed by atoms with E-state index in [1.807, 2.05) is 28.8 Å². The molecule has 164 valence electrons. The lowest BCUT2D eigenvalue weighted by atomic mass is 10.2. The van der Waals surface area contributed by atoms with Gasteiger partial charge in [0.2, 0.25) is 0 Å². The molecule has 0 atom stereocenters. The number of amides is 1. The highest BCUT2D eigenvalue weighted by molar-refractivity contribution is 7.92. The van der Waals surface area contributed by atoms with E-state index in [0.717, 1.165) is 11.5 Å². The maximum Gasteiger partial charge on any atom is 0.263 e. The summed E-state index contributed by atoms with van der Waals surface area (Å²) in [5, 5.41) is 11.3. The van der Waals surface area contributed by atoms with Gasteiger partial charge in [0.05, 0.1) is 5.02 Å². The molecule has 2 aromatic heterocycles. The van der Waals surface area contributed by atoms with E-state index in [1.54, 1.807) is 0 Å². The summed E-state index contributed by atoms with van der Waals surface area (Å²) in [6, 6.07) is 15.8. The van der Waals surface area contributed by atoms with Crippen molar-refractivity contribution >= 4 is 50.5 Å². The summed E-state index contributed by atoms with van der Waals surface area (Å²) in [6.07, 6.45) is 2.37. The van der Waals surface area contributed by atoms with E-state index in [2.05, 4.69) is 20.2 Å². The van der Waals surface area contributed by atoms with E-state index >= 15 is 0 Å². The summed E-state index contributed by atoms with van der Waals surface area (Å²) < 4.78 is 29.5. The van der Waals surface area contributed by atoms with Crippen LogP contribution in [0.5, 0.6) is 0 Å². The van der Waals surface area contributed by atoms with Gasteiger partial charge in [-0.25, -0.2) is 8.42 Å². The van der Waals surface area contributed by atoms with Gasteiger partial charge in [0.25, 0.3) is 15.9 Å². The van der Waals surface area contributed by atoms with Crippen LogP contribution in [-0.2, 0) is 16.4 Å². The molecule has 0 fully saturated rings. The highest BCUT2D eigenvalue weighted by atomic mass is 35.5. The van der Waals surface area contributed by atoms with Crippen molar-refractivity contribution in [2.45, 2.75) is 11.3 Å². The number of anilines is 1. The molecule has 4 aromatic rings. The number of sulfonamides is 1. The summed E-state index contributed by atoms with van der Waals surface area (Å²) in [6.45, 7) is 0.371. The minimum absolute atomic E-state index is 0.0540. The van der Waals surface area contributed by atoms with Gasteiger partial charge in [0.15, 0.2) is 5.65 Å². The standard InChI is InChI=1S/C21H17Cl2N5O3S/c22-15-6-9-17(23)18(13-15)32(30,31)27-16-7-4-14(5-8-16)21(29)24-11-10-20-26-25-19-3-1-2-12-28(19)20/h1-9,12-13,27H,10-11H2,(H,24,29). The van der Waals surface area contributed by atoms with Gasteiger partial charge in [-0.3, -0.25) is 13.9 Å². The first-order chi connectivity index (χ1) is 15.3. The van der Waals surface area contributed by atoms with Crippen LogP contribution in [0.4, 0.5) is 5.69 Å². The molecule has 2 heterocycles. The molecule has 0 aliphatic rings. The fourth-order valence-corrected chi connectivity index (χ4v) is 4.86. The minimum atomic E-state index is -3.94. The first kappa shape index (κ1) is 22.1. The molecule has 1 amide bonds. The summed E-state index contributed by atoms with van der Waals surface area (Å²) in [5.41, 5.74) is 1.42. The maximum atomic E-state index is 12.6. The second kappa shape index (κ2) is 9.15. The smallest absolute Gasteiger partial charge is 0.263 e. The Morgan fingerprint density at radius 3 is 2.56 bits per heavy atom. The molecular formula is C21H17Cl2N5O3S. The second-order valence-electron chi connectivity index (χ2n) is 6.81. The van der Waals surface area contributed by atoms with Crippen molar-refractivity contribution in [1.82, 2.24) is 19.9 Å². The van der Waals surface area contributed by atoms with E-state index in [4.69, 9.17) is 23.2 Å².